The average molecular weight is 307 g/mol. The zero-order valence-electron chi connectivity index (χ0n) is 13.6. The minimum absolute atomic E-state index is 0.00712. The molecule has 0 aliphatic heterocycles. The summed E-state index contributed by atoms with van der Waals surface area (Å²) in [6, 6.07) is 2.29. The first kappa shape index (κ1) is 16.8. The minimum Gasteiger partial charge on any atom is -0.348 e. The molecular weight excluding hydrogens is 280 g/mol. The molecule has 2 amide bonds. The third-order valence-electron chi connectivity index (χ3n) is 4.80. The Morgan fingerprint density at radius 2 is 1.95 bits per heavy atom. The molecule has 0 aromatic heterocycles. The van der Waals surface area contributed by atoms with Crippen molar-refractivity contribution in [3.63, 3.8) is 0 Å². The number of nitrogens with zero attached hydrogens (tertiary/aromatic N) is 1. The Morgan fingerprint density at radius 3 is 2.50 bits per heavy atom. The zero-order valence-corrected chi connectivity index (χ0v) is 13.6. The molecule has 122 valence electrons. The number of rotatable bonds is 6. The van der Waals surface area contributed by atoms with Crippen LogP contribution >= 0.6 is 0 Å². The highest BCUT2D eigenvalue weighted by Gasteiger charge is 2.36. The number of amides is 2. The van der Waals surface area contributed by atoms with E-state index in [1.165, 1.54) is 0 Å². The Morgan fingerprint density at radius 1 is 1.32 bits per heavy atom. The van der Waals surface area contributed by atoms with E-state index in [1.807, 2.05) is 14.0 Å². The molecule has 0 bridgehead atoms. The van der Waals surface area contributed by atoms with Crippen LogP contribution in [0.1, 0.15) is 51.9 Å². The standard InChI is InChI=1S/C16H26N4O2/c1-12(20(2)10-14(21)18-13-6-7-13)15(22)19-16(11-17)8-4-3-5-9-16/h12-13H,3-10H2,1-2H3,(H,18,21)(H,19,22)/p+1/t12-/m1/s1. The van der Waals surface area contributed by atoms with Crippen molar-refractivity contribution >= 4 is 11.8 Å². The maximum atomic E-state index is 12.4. The Kier molecular flexibility index (Phi) is 5.41. The van der Waals surface area contributed by atoms with E-state index in [0.717, 1.165) is 49.8 Å². The summed E-state index contributed by atoms with van der Waals surface area (Å²) in [5.74, 6) is -0.146. The second kappa shape index (κ2) is 7.10. The average Bonchev–Trinajstić information content (AvgIpc) is 3.31. The van der Waals surface area contributed by atoms with Gasteiger partial charge >= 0.3 is 0 Å². The molecule has 1 unspecified atom stereocenters. The quantitative estimate of drug-likeness (QED) is 0.619. The first-order chi connectivity index (χ1) is 10.5. The normalized spacial score (nSPS) is 23.0. The zero-order chi connectivity index (χ0) is 16.2. The van der Waals surface area contributed by atoms with E-state index >= 15 is 0 Å². The molecule has 2 saturated carbocycles. The van der Waals surface area contributed by atoms with E-state index in [2.05, 4.69) is 16.7 Å². The first-order valence-corrected chi connectivity index (χ1v) is 8.31. The van der Waals surface area contributed by atoms with Gasteiger partial charge in [-0.3, -0.25) is 9.59 Å². The molecule has 2 aliphatic carbocycles. The molecule has 0 aromatic rings. The second-order valence-electron chi connectivity index (χ2n) is 6.83. The van der Waals surface area contributed by atoms with Crippen molar-refractivity contribution in [1.82, 2.24) is 10.6 Å². The van der Waals surface area contributed by atoms with E-state index in [1.54, 1.807) is 0 Å². The lowest BCUT2D eigenvalue weighted by molar-refractivity contribution is -0.886. The molecule has 0 radical (unpaired) electrons. The van der Waals surface area contributed by atoms with Gasteiger partial charge < -0.3 is 15.5 Å². The van der Waals surface area contributed by atoms with Crippen LogP contribution in [0.3, 0.4) is 0 Å². The summed E-state index contributed by atoms with van der Waals surface area (Å²) in [4.78, 5) is 25.1. The highest BCUT2D eigenvalue weighted by molar-refractivity contribution is 5.82. The van der Waals surface area contributed by atoms with Gasteiger partial charge in [0.2, 0.25) is 0 Å². The van der Waals surface area contributed by atoms with Crippen molar-refractivity contribution in [2.75, 3.05) is 13.6 Å². The van der Waals surface area contributed by atoms with Gasteiger partial charge in [-0.2, -0.15) is 5.26 Å². The number of quaternary nitrogens is 1. The van der Waals surface area contributed by atoms with Crippen molar-refractivity contribution in [3.05, 3.63) is 0 Å². The summed E-state index contributed by atoms with van der Waals surface area (Å²) in [5, 5.41) is 15.3. The largest absolute Gasteiger partial charge is 0.348 e. The van der Waals surface area contributed by atoms with Gasteiger partial charge in [0, 0.05) is 6.04 Å². The summed E-state index contributed by atoms with van der Waals surface area (Å²) in [6.45, 7) is 2.09. The van der Waals surface area contributed by atoms with Crippen LogP contribution in [0.5, 0.6) is 0 Å². The van der Waals surface area contributed by atoms with Crippen molar-refractivity contribution in [2.24, 2.45) is 0 Å². The monoisotopic (exact) mass is 307 g/mol. The van der Waals surface area contributed by atoms with Gasteiger partial charge in [0.25, 0.3) is 11.8 Å². The van der Waals surface area contributed by atoms with Gasteiger partial charge in [-0.25, -0.2) is 0 Å². The summed E-state index contributed by atoms with van der Waals surface area (Å²) in [7, 11) is 1.84. The summed E-state index contributed by atoms with van der Waals surface area (Å²) < 4.78 is 0. The van der Waals surface area contributed by atoms with Gasteiger partial charge in [-0.15, -0.1) is 0 Å². The van der Waals surface area contributed by atoms with Gasteiger partial charge in [0.05, 0.1) is 13.1 Å². The molecule has 0 spiro atoms. The van der Waals surface area contributed by atoms with E-state index in [9.17, 15) is 14.9 Å². The number of hydrogen-bond donors (Lipinski definition) is 3. The fourth-order valence-corrected chi connectivity index (χ4v) is 2.90. The predicted octanol–water partition coefficient (Wildman–Crippen LogP) is -0.489. The van der Waals surface area contributed by atoms with Crippen molar-refractivity contribution < 1.29 is 14.5 Å². The molecule has 3 N–H and O–H groups in total. The molecule has 0 aromatic carbocycles. The maximum Gasteiger partial charge on any atom is 0.279 e. The number of carbonyl (C=O) groups excluding carboxylic acids is 2. The van der Waals surface area contributed by atoms with Gasteiger partial charge in [0.1, 0.15) is 5.54 Å². The topological polar surface area (TPSA) is 86.4 Å². The number of carbonyl (C=O) groups is 2. The second-order valence-corrected chi connectivity index (χ2v) is 6.83. The first-order valence-electron chi connectivity index (χ1n) is 8.31. The summed E-state index contributed by atoms with van der Waals surface area (Å²) in [6.07, 6.45) is 6.66. The molecule has 0 heterocycles. The molecule has 2 atom stereocenters. The fourth-order valence-electron chi connectivity index (χ4n) is 2.90. The third-order valence-corrected chi connectivity index (χ3v) is 4.80. The van der Waals surface area contributed by atoms with Crippen LogP contribution in [0.4, 0.5) is 0 Å². The van der Waals surface area contributed by atoms with Gasteiger partial charge in [-0.1, -0.05) is 19.3 Å². The Balaban J connectivity index is 1.84. The fraction of sp³-hybridized carbons (Fsp3) is 0.812. The summed E-state index contributed by atoms with van der Waals surface area (Å²) in [5.41, 5.74) is -0.708. The van der Waals surface area contributed by atoms with Crippen molar-refractivity contribution in [2.45, 2.75) is 69.5 Å². The molecule has 2 fully saturated rings. The molecule has 0 saturated heterocycles. The van der Waals surface area contributed by atoms with E-state index in [-0.39, 0.29) is 24.4 Å². The highest BCUT2D eigenvalue weighted by atomic mass is 16.2. The number of nitrogens with one attached hydrogen (secondary N) is 3. The summed E-state index contributed by atoms with van der Waals surface area (Å²) >= 11 is 0. The Hall–Kier alpha value is -1.61. The van der Waals surface area contributed by atoms with Gasteiger partial charge in [0.15, 0.2) is 12.6 Å². The lowest BCUT2D eigenvalue weighted by Gasteiger charge is -2.33. The van der Waals surface area contributed by atoms with Crippen LogP contribution in [0.2, 0.25) is 0 Å². The van der Waals surface area contributed by atoms with E-state index < -0.39 is 5.54 Å². The van der Waals surface area contributed by atoms with Crippen LogP contribution in [0.25, 0.3) is 0 Å². The smallest absolute Gasteiger partial charge is 0.279 e. The predicted molar refractivity (Wildman–Crippen MR) is 82.0 cm³/mol. The maximum absolute atomic E-state index is 12.4. The van der Waals surface area contributed by atoms with E-state index in [4.69, 9.17) is 0 Å². The lowest BCUT2D eigenvalue weighted by atomic mass is 9.82. The van der Waals surface area contributed by atoms with Crippen LogP contribution in [-0.4, -0.2) is 43.0 Å². The number of likely N-dealkylation sites (N-methyl/N-ethyl adjacent to an activating group) is 1. The van der Waals surface area contributed by atoms with Crippen LogP contribution in [-0.2, 0) is 9.59 Å². The molecule has 2 rings (SSSR count). The number of hydrogen-bond acceptors (Lipinski definition) is 3. The van der Waals surface area contributed by atoms with Gasteiger partial charge in [-0.05, 0) is 32.6 Å². The molecule has 2 aliphatic rings. The highest BCUT2D eigenvalue weighted by Crippen LogP contribution is 2.27. The third kappa shape index (κ3) is 4.44. The Labute approximate surface area is 132 Å². The molecule has 6 nitrogen and oxygen atoms in total. The number of nitriles is 1. The van der Waals surface area contributed by atoms with E-state index in [0.29, 0.717) is 6.04 Å². The van der Waals surface area contributed by atoms with Crippen molar-refractivity contribution in [1.29, 1.82) is 5.26 Å². The SMILES string of the molecule is C[C@H](C(=O)NC1(C#N)CCCCC1)[NH+](C)CC(=O)NC1CC1. The molecular formula is C16H27N4O2+. The molecule has 22 heavy (non-hydrogen) atoms. The molecule has 6 heteroatoms. The minimum atomic E-state index is -0.708. The van der Waals surface area contributed by atoms with Crippen LogP contribution in [0, 0.1) is 11.3 Å². The van der Waals surface area contributed by atoms with Crippen molar-refractivity contribution in [3.8, 4) is 6.07 Å². The lowest BCUT2D eigenvalue weighted by Crippen LogP contribution is -3.15. The van der Waals surface area contributed by atoms with Crippen LogP contribution in [0.15, 0.2) is 0 Å². The van der Waals surface area contributed by atoms with Crippen LogP contribution < -0.4 is 15.5 Å². The Bertz CT molecular complexity index is 461.